The van der Waals surface area contributed by atoms with Crippen molar-refractivity contribution in [2.45, 2.75) is 27.7 Å². The molecule has 0 N–H and O–H groups in total. The van der Waals surface area contributed by atoms with Crippen LogP contribution in [0.3, 0.4) is 0 Å². The molecule has 0 radical (unpaired) electrons. The summed E-state index contributed by atoms with van der Waals surface area (Å²) in [5, 5.41) is 0. The monoisotopic (exact) mass is 461 g/mol. The van der Waals surface area contributed by atoms with Gasteiger partial charge in [0.1, 0.15) is 0 Å². The number of carbonyl (C=O) groups excluding carboxylic acids is 3. The zero-order valence-corrected chi connectivity index (χ0v) is 20.3. The number of rotatable bonds is 3. The number of amides is 2. The molecular weight excluding hydrogens is 434 g/mol. The second kappa shape index (κ2) is 7.11. The quantitative estimate of drug-likeness (QED) is 0.475. The Balaban J connectivity index is 1.63. The maximum atomic E-state index is 14.3. The molecule has 0 aromatic heterocycles. The Morgan fingerprint density at radius 1 is 0.657 bits per heavy atom. The molecule has 3 aromatic carbocycles. The van der Waals surface area contributed by atoms with Crippen LogP contribution in [0.15, 0.2) is 78.9 Å². The fourth-order valence-corrected chi connectivity index (χ4v) is 7.01. The van der Waals surface area contributed by atoms with Gasteiger partial charge in [-0.15, -0.1) is 0 Å². The molecule has 4 atom stereocenters. The summed E-state index contributed by atoms with van der Waals surface area (Å²) in [5.74, 6) is -2.02. The minimum atomic E-state index is -1.09. The first-order chi connectivity index (χ1) is 16.7. The number of Topliss-reactive ketones (excluding diaryl/α,β-unsaturated/α-hetero) is 1. The van der Waals surface area contributed by atoms with Gasteiger partial charge in [0.25, 0.3) is 0 Å². The molecule has 4 heteroatoms. The highest BCUT2D eigenvalue weighted by atomic mass is 16.2. The second-order valence-corrected chi connectivity index (χ2v) is 10.5. The molecule has 1 aliphatic heterocycles. The fraction of sp³-hybridized carbons (Fsp3) is 0.258. The summed E-state index contributed by atoms with van der Waals surface area (Å²) in [6.45, 7) is 7.63. The summed E-state index contributed by atoms with van der Waals surface area (Å²) in [4.78, 5) is 43.8. The average Bonchev–Trinajstić information content (AvgIpc) is 3.31. The summed E-state index contributed by atoms with van der Waals surface area (Å²) < 4.78 is 0. The average molecular weight is 462 g/mol. The van der Waals surface area contributed by atoms with Crippen LogP contribution in [0, 0.1) is 36.5 Å². The summed E-state index contributed by atoms with van der Waals surface area (Å²) in [5.41, 5.74) is 3.89. The Labute approximate surface area is 205 Å². The molecule has 2 fully saturated rings. The van der Waals surface area contributed by atoms with Crippen molar-refractivity contribution < 1.29 is 14.4 Å². The first-order valence-corrected chi connectivity index (χ1v) is 12.1. The fourth-order valence-electron chi connectivity index (χ4n) is 7.01. The van der Waals surface area contributed by atoms with Gasteiger partial charge >= 0.3 is 0 Å². The number of imide groups is 1. The van der Waals surface area contributed by atoms with Gasteiger partial charge in [-0.2, -0.15) is 0 Å². The van der Waals surface area contributed by atoms with Crippen LogP contribution >= 0.6 is 0 Å². The zero-order chi connectivity index (χ0) is 24.7. The van der Waals surface area contributed by atoms with Crippen molar-refractivity contribution in [1.29, 1.82) is 0 Å². The van der Waals surface area contributed by atoms with E-state index in [1.807, 2.05) is 107 Å². The predicted octanol–water partition coefficient (Wildman–Crippen LogP) is 5.63. The van der Waals surface area contributed by atoms with Gasteiger partial charge in [-0.25, -0.2) is 4.90 Å². The molecule has 2 aliphatic carbocycles. The number of allylic oxidation sites excluding steroid dienone is 2. The Morgan fingerprint density at radius 3 is 1.57 bits per heavy atom. The number of anilines is 1. The first-order valence-electron chi connectivity index (χ1n) is 12.1. The molecule has 4 nitrogen and oxygen atoms in total. The number of hydrogen-bond acceptors (Lipinski definition) is 3. The molecule has 3 aromatic rings. The molecule has 0 unspecified atom stereocenters. The Morgan fingerprint density at radius 2 is 1.11 bits per heavy atom. The van der Waals surface area contributed by atoms with Crippen LogP contribution in [-0.4, -0.2) is 17.6 Å². The van der Waals surface area contributed by atoms with Gasteiger partial charge in [-0.3, -0.25) is 14.4 Å². The Bertz CT molecular complexity index is 1370. The predicted molar refractivity (Wildman–Crippen MR) is 136 cm³/mol. The first kappa shape index (κ1) is 21.7. The van der Waals surface area contributed by atoms with Crippen molar-refractivity contribution in [3.8, 4) is 0 Å². The van der Waals surface area contributed by atoms with E-state index in [0.29, 0.717) is 5.69 Å². The molecule has 1 heterocycles. The Kier molecular flexibility index (Phi) is 4.41. The number of aryl methyl sites for hydroxylation is 2. The third kappa shape index (κ3) is 2.54. The van der Waals surface area contributed by atoms with Crippen LogP contribution in [0.1, 0.15) is 36.1 Å². The van der Waals surface area contributed by atoms with Gasteiger partial charge in [-0.05, 0) is 67.2 Å². The molecule has 3 aliphatic rings. The summed E-state index contributed by atoms with van der Waals surface area (Å²) in [6, 6.07) is 25.5. The normalized spacial score (nSPS) is 29.4. The van der Waals surface area contributed by atoms with Crippen LogP contribution in [0.4, 0.5) is 5.69 Å². The highest BCUT2D eigenvalue weighted by Gasteiger charge is 2.78. The molecule has 0 spiro atoms. The van der Waals surface area contributed by atoms with Gasteiger partial charge in [0.15, 0.2) is 5.78 Å². The van der Waals surface area contributed by atoms with Crippen LogP contribution in [-0.2, 0) is 14.4 Å². The van der Waals surface area contributed by atoms with Gasteiger partial charge < -0.3 is 0 Å². The highest BCUT2D eigenvalue weighted by molar-refractivity contribution is 6.34. The Hall–Kier alpha value is -3.79. The van der Waals surface area contributed by atoms with Crippen molar-refractivity contribution in [1.82, 2.24) is 0 Å². The van der Waals surface area contributed by atoms with E-state index in [-0.39, 0.29) is 17.6 Å². The number of ketones is 1. The van der Waals surface area contributed by atoms with Crippen molar-refractivity contribution in [3.63, 3.8) is 0 Å². The lowest BCUT2D eigenvalue weighted by Crippen LogP contribution is -2.40. The third-order valence-corrected chi connectivity index (χ3v) is 8.51. The molecule has 174 valence electrons. The van der Waals surface area contributed by atoms with Gasteiger partial charge in [-0.1, -0.05) is 72.8 Å². The molecule has 35 heavy (non-hydrogen) atoms. The van der Waals surface area contributed by atoms with Crippen molar-refractivity contribution in [2.75, 3.05) is 4.90 Å². The number of fused-ring (bicyclic) bond motifs is 5. The van der Waals surface area contributed by atoms with E-state index in [0.717, 1.165) is 33.4 Å². The summed E-state index contributed by atoms with van der Waals surface area (Å²) >= 11 is 0. The minimum absolute atomic E-state index is 0.0278. The number of carbonyl (C=O) groups is 3. The van der Waals surface area contributed by atoms with E-state index in [1.54, 1.807) is 0 Å². The van der Waals surface area contributed by atoms with Crippen molar-refractivity contribution in [3.05, 3.63) is 101 Å². The second-order valence-electron chi connectivity index (χ2n) is 10.5. The van der Waals surface area contributed by atoms with Gasteiger partial charge in [0, 0.05) is 0 Å². The van der Waals surface area contributed by atoms with E-state index < -0.39 is 22.7 Å². The largest absolute Gasteiger partial charge is 0.298 e. The molecule has 2 bridgehead atoms. The third-order valence-electron chi connectivity index (χ3n) is 8.51. The maximum Gasteiger partial charge on any atom is 0.239 e. The van der Waals surface area contributed by atoms with E-state index in [1.165, 1.54) is 4.90 Å². The van der Waals surface area contributed by atoms with E-state index in [2.05, 4.69) is 0 Å². The van der Waals surface area contributed by atoms with E-state index in [9.17, 15) is 14.4 Å². The van der Waals surface area contributed by atoms with Crippen molar-refractivity contribution in [2.24, 2.45) is 22.7 Å². The molecule has 1 saturated heterocycles. The van der Waals surface area contributed by atoms with Crippen LogP contribution in [0.5, 0.6) is 0 Å². The lowest BCUT2D eigenvalue weighted by atomic mass is 9.63. The highest BCUT2D eigenvalue weighted by Crippen LogP contribution is 2.73. The number of benzene rings is 3. The molecule has 6 rings (SSSR count). The van der Waals surface area contributed by atoms with Crippen LogP contribution in [0.2, 0.25) is 0 Å². The maximum absolute atomic E-state index is 14.3. The van der Waals surface area contributed by atoms with E-state index in [4.69, 9.17) is 0 Å². The smallest absolute Gasteiger partial charge is 0.239 e. The number of nitrogens with zero attached hydrogens (tertiary/aromatic N) is 1. The SMILES string of the molecule is Cc1ccc(C)c(N2C(=O)[C@@H]3[C@@H](C2=O)[C@@]2(C)C(=O)[C@@]3(C)C(c3ccccc3)=C2c2ccccc2)c1. The topological polar surface area (TPSA) is 54.5 Å². The number of hydrogen-bond donors (Lipinski definition) is 0. The van der Waals surface area contributed by atoms with Crippen molar-refractivity contribution >= 4 is 34.4 Å². The van der Waals surface area contributed by atoms with Crippen LogP contribution < -0.4 is 4.90 Å². The summed E-state index contributed by atoms with van der Waals surface area (Å²) in [6.07, 6.45) is 0. The lowest BCUT2D eigenvalue weighted by Gasteiger charge is -2.35. The molecule has 1 saturated carbocycles. The summed E-state index contributed by atoms with van der Waals surface area (Å²) in [7, 11) is 0. The zero-order valence-electron chi connectivity index (χ0n) is 20.3. The molecular formula is C31H27NO3. The molecule has 2 amide bonds. The minimum Gasteiger partial charge on any atom is -0.298 e. The van der Waals surface area contributed by atoms with E-state index >= 15 is 0 Å². The standard InChI is InChI=1S/C31H27NO3/c1-18-15-16-19(2)22(17-18)32-27(33)25-26(28(32)34)31(4)24(21-13-9-6-10-14-21)23(30(25,3)29(31)35)20-11-7-5-8-12-20/h5-17,25-26H,1-4H3/t25-,26-,30-,31-/m0/s1. The van der Waals surface area contributed by atoms with Gasteiger partial charge in [0.2, 0.25) is 11.8 Å². The lowest BCUT2D eigenvalue weighted by molar-refractivity contribution is -0.133. The van der Waals surface area contributed by atoms with Gasteiger partial charge in [0.05, 0.1) is 28.4 Å². The van der Waals surface area contributed by atoms with Crippen LogP contribution in [0.25, 0.3) is 11.1 Å².